The van der Waals surface area contributed by atoms with Crippen LogP contribution >= 0.6 is 0 Å². The van der Waals surface area contributed by atoms with Gasteiger partial charge in [0.2, 0.25) is 0 Å². The Labute approximate surface area is 117 Å². The van der Waals surface area contributed by atoms with Crippen molar-refractivity contribution in [2.75, 3.05) is 6.61 Å². The molecule has 0 aromatic heterocycles. The molecule has 1 unspecified atom stereocenters. The zero-order chi connectivity index (χ0) is 14.1. The minimum Gasteiger partial charge on any atom is -0.492 e. The summed E-state index contributed by atoms with van der Waals surface area (Å²) in [7, 11) is 0. The molecule has 2 aromatic carbocycles. The molecule has 1 aliphatic rings. The van der Waals surface area contributed by atoms with Crippen LogP contribution in [0.3, 0.4) is 0 Å². The fraction of sp³-hybridized carbons (Fsp3) is 0.235. The van der Waals surface area contributed by atoms with Gasteiger partial charge in [0.15, 0.2) is 0 Å². The lowest BCUT2D eigenvalue weighted by Gasteiger charge is -2.30. The van der Waals surface area contributed by atoms with Crippen molar-refractivity contribution in [3.8, 4) is 5.75 Å². The molecule has 1 N–H and O–H groups in total. The van der Waals surface area contributed by atoms with Crippen molar-refractivity contribution < 1.29 is 14.6 Å². The van der Waals surface area contributed by atoms with Crippen LogP contribution in [-0.4, -0.2) is 17.7 Å². The van der Waals surface area contributed by atoms with Crippen LogP contribution in [0.4, 0.5) is 0 Å². The molecule has 2 aromatic rings. The van der Waals surface area contributed by atoms with Crippen LogP contribution in [-0.2, 0) is 6.42 Å². The number of carboxylic acids is 1. The molecule has 0 fully saturated rings. The van der Waals surface area contributed by atoms with Crippen LogP contribution in [0.15, 0.2) is 42.5 Å². The van der Waals surface area contributed by atoms with Crippen LogP contribution in [0, 0.1) is 6.92 Å². The van der Waals surface area contributed by atoms with Gasteiger partial charge in [-0.2, -0.15) is 0 Å². The summed E-state index contributed by atoms with van der Waals surface area (Å²) in [6.07, 6.45) is 1.00. The number of benzene rings is 2. The summed E-state index contributed by atoms with van der Waals surface area (Å²) < 4.78 is 5.73. The van der Waals surface area contributed by atoms with Crippen LogP contribution in [0.25, 0.3) is 0 Å². The number of carboxylic acid groups (broad SMARTS) is 1. The Morgan fingerprint density at radius 1 is 1.30 bits per heavy atom. The molecule has 3 nitrogen and oxygen atoms in total. The van der Waals surface area contributed by atoms with Crippen LogP contribution in [0.1, 0.15) is 33.0 Å². The average molecular weight is 268 g/mol. The Hall–Kier alpha value is -2.29. The second-order valence-electron chi connectivity index (χ2n) is 5.22. The van der Waals surface area contributed by atoms with Gasteiger partial charge in [0.05, 0.1) is 6.61 Å². The van der Waals surface area contributed by atoms with Crippen molar-refractivity contribution in [2.24, 2.45) is 0 Å². The molecule has 3 rings (SSSR count). The van der Waals surface area contributed by atoms with E-state index in [2.05, 4.69) is 12.1 Å². The van der Waals surface area contributed by atoms with Gasteiger partial charge < -0.3 is 9.84 Å². The Balaban J connectivity index is 1.73. The number of rotatable bonds is 4. The number of fused-ring (bicyclic) bond motifs is 1. The summed E-state index contributed by atoms with van der Waals surface area (Å²) in [6.45, 7) is 2.40. The molecule has 0 saturated heterocycles. The summed E-state index contributed by atoms with van der Waals surface area (Å²) in [5, 5.41) is 9.20. The topological polar surface area (TPSA) is 46.5 Å². The molecule has 0 radical (unpaired) electrons. The maximum atomic E-state index is 11.2. The first-order chi connectivity index (χ1) is 9.65. The summed E-state index contributed by atoms with van der Waals surface area (Å²) in [4.78, 5) is 11.2. The lowest BCUT2D eigenvalue weighted by Crippen LogP contribution is -2.23. The molecule has 0 aliphatic heterocycles. The van der Waals surface area contributed by atoms with E-state index in [1.165, 1.54) is 11.1 Å². The van der Waals surface area contributed by atoms with E-state index in [1.807, 2.05) is 25.1 Å². The van der Waals surface area contributed by atoms with E-state index in [-0.39, 0.29) is 5.56 Å². The second kappa shape index (κ2) is 5.00. The third kappa shape index (κ3) is 2.27. The predicted molar refractivity (Wildman–Crippen MR) is 76.5 cm³/mol. The van der Waals surface area contributed by atoms with E-state index < -0.39 is 5.97 Å². The third-order valence-corrected chi connectivity index (χ3v) is 3.77. The maximum absolute atomic E-state index is 11.2. The average Bonchev–Trinajstić information content (AvgIpc) is 2.41. The first-order valence-electron chi connectivity index (χ1n) is 6.69. The molecule has 0 spiro atoms. The Bertz CT molecular complexity index is 661. The standard InChI is InChI=1S/C17H16O3/c1-11-6-7-16(15(8-11)17(18)19)20-10-13-9-12-4-2-3-5-14(12)13/h2-8,13H,9-10H2,1H3,(H,18,19). The monoisotopic (exact) mass is 268 g/mol. The molecule has 0 heterocycles. The summed E-state index contributed by atoms with van der Waals surface area (Å²) in [5.74, 6) is -0.126. The molecule has 102 valence electrons. The van der Waals surface area contributed by atoms with E-state index in [1.54, 1.807) is 12.1 Å². The van der Waals surface area contributed by atoms with Gasteiger partial charge in [-0.25, -0.2) is 4.79 Å². The Kier molecular flexibility index (Phi) is 3.18. The molecular weight excluding hydrogens is 252 g/mol. The summed E-state index contributed by atoms with van der Waals surface area (Å²) >= 11 is 0. The lowest BCUT2D eigenvalue weighted by atomic mass is 9.78. The second-order valence-corrected chi connectivity index (χ2v) is 5.22. The number of carbonyl (C=O) groups is 1. The van der Waals surface area contributed by atoms with Gasteiger partial charge in [0.1, 0.15) is 11.3 Å². The fourth-order valence-corrected chi connectivity index (χ4v) is 2.64. The third-order valence-electron chi connectivity index (χ3n) is 3.77. The van der Waals surface area contributed by atoms with Crippen LogP contribution < -0.4 is 4.74 Å². The number of hydrogen-bond acceptors (Lipinski definition) is 2. The molecule has 0 saturated carbocycles. The van der Waals surface area contributed by atoms with Crippen molar-refractivity contribution >= 4 is 5.97 Å². The van der Waals surface area contributed by atoms with Crippen molar-refractivity contribution in [3.63, 3.8) is 0 Å². The van der Waals surface area contributed by atoms with Gasteiger partial charge in [-0.05, 0) is 36.6 Å². The van der Waals surface area contributed by atoms with E-state index in [0.29, 0.717) is 18.3 Å². The number of ether oxygens (including phenoxy) is 1. The molecule has 0 bridgehead atoms. The summed E-state index contributed by atoms with van der Waals surface area (Å²) in [5.41, 5.74) is 3.83. The summed E-state index contributed by atoms with van der Waals surface area (Å²) in [6, 6.07) is 13.6. The van der Waals surface area contributed by atoms with Crippen molar-refractivity contribution in [3.05, 3.63) is 64.7 Å². The highest BCUT2D eigenvalue weighted by atomic mass is 16.5. The predicted octanol–water partition coefficient (Wildman–Crippen LogP) is 3.41. The Morgan fingerprint density at radius 3 is 2.85 bits per heavy atom. The SMILES string of the molecule is Cc1ccc(OCC2Cc3ccccc32)c(C(=O)O)c1. The van der Waals surface area contributed by atoms with Gasteiger partial charge >= 0.3 is 5.97 Å². The normalized spacial score (nSPS) is 16.1. The number of aromatic carboxylic acids is 1. The van der Waals surface area contributed by atoms with Gasteiger partial charge in [0, 0.05) is 5.92 Å². The highest BCUT2D eigenvalue weighted by Gasteiger charge is 2.26. The number of hydrogen-bond donors (Lipinski definition) is 1. The van der Waals surface area contributed by atoms with Gasteiger partial charge in [-0.3, -0.25) is 0 Å². The van der Waals surface area contributed by atoms with Crippen molar-refractivity contribution in [2.45, 2.75) is 19.3 Å². The van der Waals surface area contributed by atoms with E-state index in [9.17, 15) is 9.90 Å². The van der Waals surface area contributed by atoms with E-state index in [0.717, 1.165) is 12.0 Å². The molecule has 1 atom stereocenters. The number of aryl methyl sites for hydroxylation is 1. The fourth-order valence-electron chi connectivity index (χ4n) is 2.64. The highest BCUT2D eigenvalue weighted by molar-refractivity contribution is 5.91. The first-order valence-corrected chi connectivity index (χ1v) is 6.69. The first kappa shape index (κ1) is 12.7. The van der Waals surface area contributed by atoms with Crippen LogP contribution in [0.5, 0.6) is 5.75 Å². The molecule has 3 heteroatoms. The highest BCUT2D eigenvalue weighted by Crippen LogP contribution is 2.35. The van der Waals surface area contributed by atoms with Gasteiger partial charge in [0.25, 0.3) is 0 Å². The van der Waals surface area contributed by atoms with E-state index >= 15 is 0 Å². The van der Waals surface area contributed by atoms with Gasteiger partial charge in [-0.15, -0.1) is 0 Å². The molecular formula is C17H16O3. The van der Waals surface area contributed by atoms with Crippen molar-refractivity contribution in [1.82, 2.24) is 0 Å². The maximum Gasteiger partial charge on any atom is 0.339 e. The van der Waals surface area contributed by atoms with E-state index in [4.69, 9.17) is 4.74 Å². The molecule has 0 amide bonds. The molecule has 1 aliphatic carbocycles. The Morgan fingerprint density at radius 2 is 2.10 bits per heavy atom. The zero-order valence-electron chi connectivity index (χ0n) is 11.3. The minimum absolute atomic E-state index is 0.234. The largest absolute Gasteiger partial charge is 0.492 e. The molecule has 20 heavy (non-hydrogen) atoms. The smallest absolute Gasteiger partial charge is 0.339 e. The zero-order valence-corrected chi connectivity index (χ0v) is 11.3. The van der Waals surface area contributed by atoms with Gasteiger partial charge in [-0.1, -0.05) is 35.9 Å². The minimum atomic E-state index is -0.947. The van der Waals surface area contributed by atoms with Crippen LogP contribution in [0.2, 0.25) is 0 Å². The lowest BCUT2D eigenvalue weighted by molar-refractivity contribution is 0.0691. The van der Waals surface area contributed by atoms with Crippen molar-refractivity contribution in [1.29, 1.82) is 0 Å². The quantitative estimate of drug-likeness (QED) is 0.924.